The fraction of sp³-hybridized carbons (Fsp3) is 0.527. The van der Waals surface area contributed by atoms with Crippen molar-refractivity contribution in [3.05, 3.63) is 120 Å². The second-order valence-corrected chi connectivity index (χ2v) is 36.5. The molecule has 766 valence electrons. The van der Waals surface area contributed by atoms with E-state index in [1.165, 1.54) is 75.6 Å². The number of aliphatic hydroxyl groups excluding tert-OH is 2. The van der Waals surface area contributed by atoms with Crippen molar-refractivity contribution in [1.82, 2.24) is 103 Å². The molecular weight excluding hydrogens is 1850 g/mol. The summed E-state index contributed by atoms with van der Waals surface area (Å²) in [7, 11) is 3.79. The minimum absolute atomic E-state index is 0.00450. The zero-order valence-corrected chi connectivity index (χ0v) is 80.5. The Hall–Kier alpha value is -14.3. The first kappa shape index (κ1) is 110. The molecule has 47 nitrogen and oxygen atoms in total. The fourth-order valence-electron chi connectivity index (χ4n) is 17.3. The van der Waals surface area contributed by atoms with Gasteiger partial charge in [-0.2, -0.15) is 0 Å². The second kappa shape index (κ2) is 53.2. The molecule has 9 rings (SSSR count). The maximum atomic E-state index is 15.9. The van der Waals surface area contributed by atoms with Crippen LogP contribution in [0.4, 0.5) is 0 Å². The minimum atomic E-state index is -1.99. The number of phenolic OH excluding ortho intramolecular Hbond substituents is 1. The number of primary amides is 2. The number of carbonyl (C=O) groups is 18. The number of benzene rings is 3. The van der Waals surface area contributed by atoms with E-state index in [-0.39, 0.29) is 115 Å². The molecule has 48 heteroatoms. The summed E-state index contributed by atoms with van der Waals surface area (Å²) in [5.74, 6) is -19.7. The highest BCUT2D eigenvalue weighted by Gasteiger charge is 2.47. The number of hydrogen-bond donors (Lipinski definition) is 22. The van der Waals surface area contributed by atoms with Gasteiger partial charge in [0.15, 0.2) is 5.96 Å². The average molecular weight is 1980 g/mol. The molecule has 0 spiro atoms. The van der Waals surface area contributed by atoms with Gasteiger partial charge >= 0.3 is 5.97 Å². The van der Waals surface area contributed by atoms with Gasteiger partial charge in [-0.1, -0.05) is 88.1 Å². The van der Waals surface area contributed by atoms with Gasteiger partial charge in [0.05, 0.1) is 37.8 Å². The number of nitrogens with one attached hydrogen (secondary N) is 14. The number of carboxylic acids is 1. The number of carboxylic acid groups (broad SMARTS) is 1. The van der Waals surface area contributed by atoms with Crippen molar-refractivity contribution < 1.29 is 107 Å². The summed E-state index contributed by atoms with van der Waals surface area (Å²) in [4.78, 5) is 279. The molecule has 141 heavy (non-hydrogen) atoms. The van der Waals surface area contributed by atoms with Crippen molar-refractivity contribution >= 4 is 146 Å². The summed E-state index contributed by atoms with van der Waals surface area (Å²) in [6.07, 6.45) is 3.07. The Labute approximate surface area is 817 Å². The zero-order valence-electron chi connectivity index (χ0n) is 79.7. The molecule has 0 saturated carbocycles. The third-order valence-electron chi connectivity index (χ3n) is 25.1. The molecule has 3 saturated heterocycles. The van der Waals surface area contributed by atoms with Crippen LogP contribution in [0.15, 0.2) is 97.7 Å². The number of nitrogens with zero attached hydrogens (tertiary/aromatic N) is 7. The van der Waals surface area contributed by atoms with Gasteiger partial charge in [-0.05, 0) is 112 Å². The third-order valence-corrected chi connectivity index (χ3v) is 26.1. The maximum absolute atomic E-state index is 15.9. The molecule has 26 N–H and O–H groups in total. The molecule has 6 heterocycles. The largest absolute Gasteiger partial charge is 0.508 e. The molecule has 3 fully saturated rings. The van der Waals surface area contributed by atoms with Gasteiger partial charge in [0, 0.05) is 125 Å². The van der Waals surface area contributed by atoms with E-state index in [2.05, 4.69) is 73.4 Å². The number of unbranched alkanes of at least 4 members (excludes halogenated alkanes) is 3. The fourth-order valence-corrected chi connectivity index (χ4v) is 18.2. The molecule has 0 aliphatic carbocycles. The van der Waals surface area contributed by atoms with Gasteiger partial charge in [-0.25, -0.2) is 4.98 Å². The van der Waals surface area contributed by atoms with E-state index in [9.17, 15) is 63.6 Å². The first-order valence-electron chi connectivity index (χ1n) is 47.0. The normalized spacial score (nSPS) is 24.1. The number of aromatic hydroxyl groups is 1. The Balaban J connectivity index is 1.12. The number of nitrogens with two attached hydrogens (primary N) is 4. The van der Waals surface area contributed by atoms with Gasteiger partial charge in [-0.3, -0.25) is 91.7 Å². The van der Waals surface area contributed by atoms with Crippen LogP contribution in [0.1, 0.15) is 139 Å². The van der Waals surface area contributed by atoms with Crippen LogP contribution >= 0.6 is 11.8 Å². The quantitative estimate of drug-likeness (QED) is 0.0115. The van der Waals surface area contributed by atoms with E-state index >= 15 is 43.2 Å². The molecule has 0 unspecified atom stereocenters. The Kier molecular flexibility index (Phi) is 41.6. The lowest BCUT2D eigenvalue weighted by atomic mass is 10.00. The highest BCUT2D eigenvalue weighted by atomic mass is 32.2. The number of aromatic nitrogens is 4. The summed E-state index contributed by atoms with van der Waals surface area (Å²) in [6.45, 7) is 1.82. The van der Waals surface area contributed by atoms with Crippen molar-refractivity contribution in [2.75, 3.05) is 72.0 Å². The maximum Gasteiger partial charge on any atom is 0.323 e. The van der Waals surface area contributed by atoms with Gasteiger partial charge in [0.2, 0.25) is 100 Å². The zero-order chi connectivity index (χ0) is 103. The number of guanidine groups is 1. The van der Waals surface area contributed by atoms with Crippen molar-refractivity contribution in [2.45, 2.75) is 240 Å². The molecule has 6 aromatic rings. The lowest BCUT2D eigenvalue weighted by Crippen LogP contribution is -2.61. The van der Waals surface area contributed by atoms with Gasteiger partial charge in [0.25, 0.3) is 0 Å². The van der Waals surface area contributed by atoms with Crippen LogP contribution in [0, 0.1) is 5.41 Å². The van der Waals surface area contributed by atoms with Gasteiger partial charge in [-0.15, -0.1) is 11.8 Å². The number of imidazole rings is 1. The minimum Gasteiger partial charge on any atom is -0.508 e. The predicted molar refractivity (Wildman–Crippen MR) is 514 cm³/mol. The number of phenols is 1. The standard InChI is InChI=1S/C93H131N25O22S/c1-7-9-24-71-85(133)105-61(23-17-33-100-93(97)98)81(129)112-69(80(128)102-43-76(96)123)48-141-49-77(124)104-65(35-52-28-30-56(120)31-29-52)88(136)113(4)51(3)79(127)109-67(40-75(95)122)91(139)117-34-18-27-72(117)86(134)108-64(38-55-42-99-50-103-55)83(131)106-62(22-15-16-32-94)90(138)118-45-57(121)39-74(118)87(135)107-63(36-53-41-101-60-21-13-11-19-58(53)60)82(130)111-68(47-119)84(132)110-66(89(137)115(6)73(25-10-8-2)92(140)114(71)5)37-54-44-116(46-78(125)126)70-26-14-12-20-59(54)70/h11-14,19-21,26,28-31,41-42,44,50-51,57,61-69,71-74,101,119-121H,7-10,15-18,22-25,27,32-40,43,45-49,94H2,1-6H3,(H2,95,122)(H2,96,123)(H,99,103)(H,102,128)(H,104,124)(H,105,133)(H,106,131)(H,107,135)(H,108,134)(H,109,127)(H,110,132)(H,111,130)(H,112,129)(H,125,126)(H4,97,98,100)/t51-,57+,61-,62-,63-,64-,65-,66-,67+,68-,69-,71-,72-,73-,74-/m0/s1. The number of thioether (sulfide) groups is 1. The Morgan fingerprint density at radius 2 is 1.14 bits per heavy atom. The lowest BCUT2D eigenvalue weighted by Gasteiger charge is -2.36. The van der Waals surface area contributed by atoms with Crippen LogP contribution in [0.2, 0.25) is 0 Å². The third kappa shape index (κ3) is 31.1. The SMILES string of the molecule is CCCC[C@H]1C(=O)N(C)[C@@H](CCCC)C(=O)N[C@@H](CCCNC(=N)N)C(=O)N[C@H](C(=O)NCC(N)=O)CSCC(=O)N[C@@H](Cc2ccc(O)cc2)C(=O)N(C)[C@@H](C)C(=O)N[C@H](CC(N)=O)C(=O)N2CCC[C@H]2C(=O)N[C@@H](Cc2cnc[nH]2)C(=O)N[C@@H](CCCCN)C(=O)N2C[C@H](O)C[C@H]2C(=O)N[C@@H](Cc2c[nH]c3ccccc23)C(=O)N[C@@H](CO)C(=O)N[C@@H](Cc2cn(CC(=O)O)c3ccccc23)C(=O)N1C. The Morgan fingerprint density at radius 1 is 0.560 bits per heavy atom. The van der Waals surface area contributed by atoms with Crippen molar-refractivity contribution in [1.29, 1.82) is 5.41 Å². The predicted octanol–water partition coefficient (Wildman–Crippen LogP) is -4.29. The van der Waals surface area contributed by atoms with E-state index in [1.807, 2.05) is 6.92 Å². The van der Waals surface area contributed by atoms with Gasteiger partial charge < -0.3 is 141 Å². The number of aliphatic carboxylic acids is 1. The van der Waals surface area contributed by atoms with E-state index in [0.717, 1.165) is 36.3 Å². The van der Waals surface area contributed by atoms with Crippen molar-refractivity contribution in [3.63, 3.8) is 0 Å². The highest BCUT2D eigenvalue weighted by Crippen LogP contribution is 2.29. The lowest BCUT2D eigenvalue weighted by molar-refractivity contribution is -0.149. The van der Waals surface area contributed by atoms with Crippen LogP contribution in [0.25, 0.3) is 21.8 Å². The molecule has 0 radical (unpaired) electrons. The first-order chi connectivity index (χ1) is 67.2. The van der Waals surface area contributed by atoms with Crippen molar-refractivity contribution in [3.8, 4) is 5.75 Å². The summed E-state index contributed by atoms with van der Waals surface area (Å²) in [6, 6.07) is -3.67. The van der Waals surface area contributed by atoms with Crippen LogP contribution in [0.5, 0.6) is 5.75 Å². The number of fused-ring (bicyclic) bond motifs is 4. The molecular formula is C93H131N25O22S. The number of aliphatic hydroxyl groups is 2. The second-order valence-electron chi connectivity index (χ2n) is 35.5. The van der Waals surface area contributed by atoms with E-state index < -0.39 is 260 Å². The number of para-hydroxylation sites is 2. The number of amides is 17. The molecule has 17 amide bonds. The van der Waals surface area contributed by atoms with E-state index in [1.54, 1.807) is 61.7 Å². The summed E-state index contributed by atoms with van der Waals surface area (Å²) < 4.78 is 1.40. The van der Waals surface area contributed by atoms with Crippen LogP contribution in [-0.4, -0.2) is 339 Å². The Morgan fingerprint density at radius 3 is 1.79 bits per heavy atom. The monoisotopic (exact) mass is 1980 g/mol. The van der Waals surface area contributed by atoms with Crippen LogP contribution in [0.3, 0.4) is 0 Å². The summed E-state index contributed by atoms with van der Waals surface area (Å²) >= 11 is 0.741. The first-order valence-corrected chi connectivity index (χ1v) is 48.1. The number of likely N-dealkylation sites (N-methyl/N-ethyl adjacent to an activating group) is 3. The molecule has 3 aliphatic heterocycles. The number of aromatic amines is 2. The average Bonchev–Trinajstić information content (AvgIpc) is 1.72. The van der Waals surface area contributed by atoms with E-state index in [4.69, 9.17) is 28.3 Å². The number of carbonyl (C=O) groups excluding carboxylic acids is 17. The van der Waals surface area contributed by atoms with Crippen molar-refractivity contribution in [2.24, 2.45) is 22.9 Å². The highest BCUT2D eigenvalue weighted by molar-refractivity contribution is 8.00. The Bertz CT molecular complexity index is 5450. The number of rotatable bonds is 30. The molecule has 15 atom stereocenters. The summed E-state index contributed by atoms with van der Waals surface area (Å²) in [5.41, 5.74) is 25.2. The molecule has 0 bridgehead atoms. The summed E-state index contributed by atoms with van der Waals surface area (Å²) in [5, 5.41) is 80.9. The number of H-pyrrole nitrogens is 2. The topological polar surface area (TPSA) is 714 Å². The van der Waals surface area contributed by atoms with Gasteiger partial charge in [0.1, 0.15) is 96.9 Å². The molecule has 3 aromatic carbocycles. The van der Waals surface area contributed by atoms with Crippen LogP contribution in [-0.2, 0) is 119 Å². The number of hydrogen-bond acceptors (Lipinski definition) is 25. The smallest absolute Gasteiger partial charge is 0.323 e. The molecule has 3 aliphatic rings. The van der Waals surface area contributed by atoms with E-state index in [0.29, 0.717) is 57.8 Å². The van der Waals surface area contributed by atoms with Crippen LogP contribution < -0.4 is 81.4 Å². The molecule has 3 aromatic heterocycles.